The molecule has 4 aliphatic heterocycles. The smallest absolute Gasteiger partial charge is 0.217 e. The van der Waals surface area contributed by atoms with Crippen molar-refractivity contribution < 1.29 is 129 Å². The van der Waals surface area contributed by atoms with E-state index in [4.69, 9.17) is 37.9 Å². The van der Waals surface area contributed by atoms with E-state index in [1.165, 1.54) is 0 Å². The first-order valence-corrected chi connectivity index (χ1v) is 19.5. The third kappa shape index (κ3) is 11.9. The van der Waals surface area contributed by atoms with Crippen LogP contribution in [0.4, 0.5) is 0 Å². The van der Waals surface area contributed by atoms with Gasteiger partial charge in [-0.3, -0.25) is 9.59 Å². The molecule has 0 aromatic heterocycles. The van der Waals surface area contributed by atoms with Gasteiger partial charge in [0, 0.05) is 13.8 Å². The molecule has 4 aliphatic rings. The van der Waals surface area contributed by atoms with Gasteiger partial charge in [-0.1, -0.05) is 0 Å². The highest BCUT2D eigenvalue weighted by Crippen LogP contribution is 2.35. The quantitative estimate of drug-likeness (QED) is 0.0572. The van der Waals surface area contributed by atoms with Crippen LogP contribution in [0.2, 0.25) is 0 Å². The lowest BCUT2D eigenvalue weighted by Gasteiger charge is -2.50. The Balaban J connectivity index is 1.60. The Kier molecular flexibility index (Phi) is 19.9. The predicted molar refractivity (Wildman–Crippen MR) is 192 cm³/mol. The van der Waals surface area contributed by atoms with Crippen LogP contribution in [0, 0.1) is 0 Å². The summed E-state index contributed by atoms with van der Waals surface area (Å²) in [5, 5.41) is 172. The van der Waals surface area contributed by atoms with Gasteiger partial charge in [0.2, 0.25) is 11.8 Å². The summed E-state index contributed by atoms with van der Waals surface area (Å²) in [6.07, 6.45) is -41.9. The molecular weight excluding hydrogens is 852 g/mol. The highest BCUT2D eigenvalue weighted by atomic mass is 16.8. The fourth-order valence-corrected chi connectivity index (χ4v) is 7.43. The van der Waals surface area contributed by atoms with Gasteiger partial charge in [-0.25, -0.2) is 0 Å². The van der Waals surface area contributed by atoms with Crippen molar-refractivity contribution in [2.75, 3.05) is 39.6 Å². The summed E-state index contributed by atoms with van der Waals surface area (Å²) in [5.74, 6) is -1.58. The van der Waals surface area contributed by atoms with Crippen molar-refractivity contribution in [3.05, 3.63) is 0 Å². The summed E-state index contributed by atoms with van der Waals surface area (Å²) in [7, 11) is 0. The van der Waals surface area contributed by atoms with Crippen molar-refractivity contribution in [2.45, 2.75) is 161 Å². The van der Waals surface area contributed by atoms with Crippen LogP contribution >= 0.6 is 0 Å². The number of amides is 2. The third-order valence-corrected chi connectivity index (χ3v) is 10.8. The van der Waals surface area contributed by atoms with E-state index < -0.39 is 199 Å². The van der Waals surface area contributed by atoms with E-state index >= 15 is 0 Å². The van der Waals surface area contributed by atoms with Crippen LogP contribution in [0.1, 0.15) is 13.8 Å². The number of rotatable bonds is 19. The lowest BCUT2D eigenvalue weighted by atomic mass is 9.94. The van der Waals surface area contributed by atoms with E-state index in [1.807, 2.05) is 0 Å². The largest absolute Gasteiger partial charge is 0.394 e. The van der Waals surface area contributed by atoms with E-state index in [0.29, 0.717) is 0 Å². The molecule has 4 fully saturated rings. The number of aliphatic hydroxyl groups is 16. The van der Waals surface area contributed by atoms with Crippen molar-refractivity contribution in [2.24, 2.45) is 0 Å². The van der Waals surface area contributed by atoms with Gasteiger partial charge in [-0.05, 0) is 0 Å². The van der Waals surface area contributed by atoms with Crippen molar-refractivity contribution in [3.63, 3.8) is 0 Å². The van der Waals surface area contributed by atoms with Crippen LogP contribution in [0.5, 0.6) is 0 Å². The SMILES string of the molecule is CC(=O)N[C@H]1[C@H](O[C@@H]([C@H](O)[C@H](O)CO)[C@H](CO)NC(C)=O)O[C@H](CO)[C@@H](O)[C@@H]1O[C@@H]1O[C@H](CO)[C@H](O)[C@H](O[C@@H]2O[C@H](CO)[C@@H](O[C@H]3O[C@H](CO)[C@@H](O)[C@H](O)[C@H]3O)[C@H](O)[C@H]2O)[C@H]1O. The molecule has 2 amide bonds. The number of carbonyl (C=O) groups is 2. The maximum atomic E-state index is 12.5. The molecule has 28 nitrogen and oxygen atoms in total. The summed E-state index contributed by atoms with van der Waals surface area (Å²) in [5.41, 5.74) is 0. The highest BCUT2D eigenvalue weighted by molar-refractivity contribution is 5.73. The van der Waals surface area contributed by atoms with Gasteiger partial charge in [0.25, 0.3) is 0 Å². The van der Waals surface area contributed by atoms with Crippen LogP contribution in [0.25, 0.3) is 0 Å². The van der Waals surface area contributed by atoms with Gasteiger partial charge >= 0.3 is 0 Å². The Morgan fingerprint density at radius 1 is 0.516 bits per heavy atom. The molecule has 4 rings (SSSR count). The molecule has 0 saturated carbocycles. The molecule has 0 spiro atoms. The molecule has 18 N–H and O–H groups in total. The second-order valence-corrected chi connectivity index (χ2v) is 15.2. The minimum atomic E-state index is -2.20. The maximum absolute atomic E-state index is 12.5. The number of aliphatic hydroxyl groups excluding tert-OH is 16. The van der Waals surface area contributed by atoms with E-state index in [2.05, 4.69) is 10.6 Å². The van der Waals surface area contributed by atoms with Gasteiger partial charge < -0.3 is 130 Å². The predicted octanol–water partition coefficient (Wildman–Crippen LogP) is -12.0. The Hall–Kier alpha value is -2.02. The molecule has 0 bridgehead atoms. The lowest BCUT2D eigenvalue weighted by Crippen LogP contribution is -2.70. The Morgan fingerprint density at radius 3 is 1.47 bits per heavy atom. The van der Waals surface area contributed by atoms with Crippen molar-refractivity contribution in [1.82, 2.24) is 10.6 Å². The standard InChI is InChI=1S/C34H60N2O26/c1-9(43)35-11(3-37)27(18(46)12(45)4-38)59-31-17(36-10(2)44)29(20(48)14(6-40)55-31)61-34-26(54)30(21(49)15(7-41)57-34)62-33-25(53)23(51)28(16(8-42)58-33)60-32-24(52)22(50)19(47)13(5-39)56-32/h11-34,37-42,45-54H,3-8H2,1-2H3,(H,35,43)(H,36,44)/t11-,12+,13+,14+,15+,16+,17+,18+,19+,20+,21-,22-,23+,24+,25+,26+,27+,28+,29+,30-,31-,32+,33-,34-/m0/s1. The topological polar surface area (TPSA) is 456 Å². The van der Waals surface area contributed by atoms with Gasteiger partial charge in [0.05, 0.1) is 45.7 Å². The first-order valence-electron chi connectivity index (χ1n) is 19.5. The average molecular weight is 913 g/mol. The molecule has 4 saturated heterocycles. The third-order valence-electron chi connectivity index (χ3n) is 10.8. The van der Waals surface area contributed by atoms with E-state index in [-0.39, 0.29) is 0 Å². The normalized spacial score (nSPS) is 43.6. The molecule has 0 aromatic rings. The molecule has 0 aromatic carbocycles. The maximum Gasteiger partial charge on any atom is 0.217 e. The second kappa shape index (κ2) is 23.4. The summed E-state index contributed by atoms with van der Waals surface area (Å²) < 4.78 is 45.2. The van der Waals surface area contributed by atoms with E-state index in [1.54, 1.807) is 0 Å². The Labute approximate surface area is 352 Å². The first-order chi connectivity index (χ1) is 29.3. The van der Waals surface area contributed by atoms with Crippen molar-refractivity contribution >= 4 is 11.8 Å². The van der Waals surface area contributed by atoms with Gasteiger partial charge in [0.1, 0.15) is 116 Å². The molecule has 0 radical (unpaired) electrons. The average Bonchev–Trinajstić information content (AvgIpc) is 3.24. The number of carbonyl (C=O) groups excluding carboxylic acids is 2. The lowest BCUT2D eigenvalue weighted by molar-refractivity contribution is -0.387. The minimum absolute atomic E-state index is 0.745. The highest BCUT2D eigenvalue weighted by Gasteiger charge is 2.56. The molecule has 0 aliphatic carbocycles. The molecular formula is C34H60N2O26. The molecule has 4 heterocycles. The zero-order valence-corrected chi connectivity index (χ0v) is 33.3. The zero-order chi connectivity index (χ0) is 46.3. The fraction of sp³-hybridized carbons (Fsp3) is 0.941. The van der Waals surface area contributed by atoms with Crippen LogP contribution in [-0.2, 0) is 47.5 Å². The Morgan fingerprint density at radius 2 is 0.968 bits per heavy atom. The number of hydrogen-bond acceptors (Lipinski definition) is 26. The number of ether oxygens (including phenoxy) is 8. The summed E-state index contributed by atoms with van der Waals surface area (Å²) in [6, 6.07) is -3.25. The minimum Gasteiger partial charge on any atom is -0.394 e. The number of nitrogens with one attached hydrogen (secondary N) is 2. The zero-order valence-electron chi connectivity index (χ0n) is 33.3. The van der Waals surface area contributed by atoms with Gasteiger partial charge in [-0.15, -0.1) is 0 Å². The van der Waals surface area contributed by atoms with Gasteiger partial charge in [-0.2, -0.15) is 0 Å². The van der Waals surface area contributed by atoms with Crippen molar-refractivity contribution in [1.29, 1.82) is 0 Å². The summed E-state index contributed by atoms with van der Waals surface area (Å²) in [4.78, 5) is 24.5. The molecule has 62 heavy (non-hydrogen) atoms. The summed E-state index contributed by atoms with van der Waals surface area (Å²) in [6.45, 7) is -3.74. The van der Waals surface area contributed by atoms with Gasteiger partial charge in [0.15, 0.2) is 25.2 Å². The first kappa shape index (κ1) is 52.6. The van der Waals surface area contributed by atoms with Crippen LogP contribution in [-0.4, -0.2) is 280 Å². The summed E-state index contributed by atoms with van der Waals surface area (Å²) >= 11 is 0. The van der Waals surface area contributed by atoms with Crippen LogP contribution in [0.15, 0.2) is 0 Å². The van der Waals surface area contributed by atoms with Crippen LogP contribution in [0.3, 0.4) is 0 Å². The fourth-order valence-electron chi connectivity index (χ4n) is 7.43. The molecule has 28 heteroatoms. The van der Waals surface area contributed by atoms with Crippen LogP contribution < -0.4 is 10.6 Å². The van der Waals surface area contributed by atoms with E-state index in [0.717, 1.165) is 13.8 Å². The Bertz CT molecular complexity index is 1390. The second-order valence-electron chi connectivity index (χ2n) is 15.2. The number of hydrogen-bond donors (Lipinski definition) is 18. The molecule has 0 unspecified atom stereocenters. The molecule has 362 valence electrons. The molecule has 24 atom stereocenters. The van der Waals surface area contributed by atoms with E-state index in [9.17, 15) is 91.3 Å². The van der Waals surface area contributed by atoms with Crippen molar-refractivity contribution in [3.8, 4) is 0 Å². The monoisotopic (exact) mass is 912 g/mol.